The van der Waals surface area contributed by atoms with Gasteiger partial charge in [-0.25, -0.2) is 0 Å². The van der Waals surface area contributed by atoms with Gasteiger partial charge in [0.15, 0.2) is 5.76 Å². The van der Waals surface area contributed by atoms with E-state index in [1.807, 2.05) is 18.5 Å². The zero-order chi connectivity index (χ0) is 18.5. The fourth-order valence-electron chi connectivity index (χ4n) is 2.50. The Morgan fingerprint density at radius 1 is 1.27 bits per heavy atom. The van der Waals surface area contributed by atoms with Gasteiger partial charge in [-0.3, -0.25) is 9.48 Å². The van der Waals surface area contributed by atoms with Gasteiger partial charge in [0.1, 0.15) is 18.1 Å². The first kappa shape index (κ1) is 18.1. The van der Waals surface area contributed by atoms with Gasteiger partial charge in [-0.05, 0) is 50.2 Å². The van der Waals surface area contributed by atoms with E-state index in [2.05, 4.69) is 10.4 Å². The third kappa shape index (κ3) is 4.26. The van der Waals surface area contributed by atoms with Crippen LogP contribution in [0.2, 0.25) is 5.02 Å². The third-order valence-electron chi connectivity index (χ3n) is 4.02. The van der Waals surface area contributed by atoms with Crippen LogP contribution in [-0.2, 0) is 19.7 Å². The molecule has 0 saturated heterocycles. The first-order valence-corrected chi connectivity index (χ1v) is 8.71. The Bertz CT molecular complexity index is 884. The first-order chi connectivity index (χ1) is 12.6. The van der Waals surface area contributed by atoms with Gasteiger partial charge in [0.2, 0.25) is 0 Å². The minimum absolute atomic E-state index is 0.233. The molecule has 6 nitrogen and oxygen atoms in total. The molecule has 0 bridgehead atoms. The van der Waals surface area contributed by atoms with E-state index in [9.17, 15) is 4.79 Å². The van der Waals surface area contributed by atoms with Crippen LogP contribution in [0.25, 0.3) is 0 Å². The van der Waals surface area contributed by atoms with E-state index in [-0.39, 0.29) is 18.3 Å². The Kier molecular flexibility index (Phi) is 5.63. The van der Waals surface area contributed by atoms with Crippen LogP contribution in [0.1, 0.15) is 34.5 Å². The number of carbonyl (C=O) groups is 1. The second-order valence-electron chi connectivity index (χ2n) is 5.76. The minimum atomic E-state index is -0.272. The highest BCUT2D eigenvalue weighted by molar-refractivity contribution is 6.30. The van der Waals surface area contributed by atoms with Crippen molar-refractivity contribution in [3.05, 3.63) is 70.4 Å². The van der Waals surface area contributed by atoms with Gasteiger partial charge < -0.3 is 14.5 Å². The number of furan rings is 1. The maximum absolute atomic E-state index is 12.2. The van der Waals surface area contributed by atoms with E-state index in [4.69, 9.17) is 20.8 Å². The number of amides is 1. The van der Waals surface area contributed by atoms with Gasteiger partial charge in [0.05, 0.1) is 6.20 Å². The van der Waals surface area contributed by atoms with Crippen LogP contribution in [-0.4, -0.2) is 15.7 Å². The van der Waals surface area contributed by atoms with E-state index in [1.54, 1.807) is 42.6 Å². The van der Waals surface area contributed by atoms with Crippen LogP contribution in [0.3, 0.4) is 0 Å². The molecular formula is C19H20ClN3O3. The molecule has 0 aliphatic rings. The second kappa shape index (κ2) is 8.10. The number of carbonyl (C=O) groups excluding carboxylic acids is 1. The molecule has 0 spiro atoms. The zero-order valence-electron chi connectivity index (χ0n) is 14.7. The molecule has 2 aromatic heterocycles. The van der Waals surface area contributed by atoms with Crippen LogP contribution >= 0.6 is 11.6 Å². The average Bonchev–Trinajstić information content (AvgIpc) is 3.26. The van der Waals surface area contributed by atoms with Crippen LogP contribution in [0.15, 0.2) is 47.0 Å². The lowest BCUT2D eigenvalue weighted by molar-refractivity contribution is 0.0919. The van der Waals surface area contributed by atoms with Crippen LogP contribution in [0, 0.1) is 6.92 Å². The number of nitrogens with zero attached hydrogens (tertiary/aromatic N) is 2. The summed E-state index contributed by atoms with van der Waals surface area (Å²) in [4.78, 5) is 12.2. The molecule has 7 heteroatoms. The van der Waals surface area contributed by atoms with E-state index in [0.717, 1.165) is 17.8 Å². The molecule has 3 aromatic rings. The van der Waals surface area contributed by atoms with Crippen molar-refractivity contribution in [3.8, 4) is 5.75 Å². The first-order valence-electron chi connectivity index (χ1n) is 8.33. The van der Waals surface area contributed by atoms with Crippen molar-refractivity contribution in [2.75, 3.05) is 0 Å². The van der Waals surface area contributed by atoms with Crippen LogP contribution in [0.5, 0.6) is 5.75 Å². The Hall–Kier alpha value is -2.73. The molecule has 3 rings (SSSR count). The van der Waals surface area contributed by atoms with Crippen molar-refractivity contribution in [2.24, 2.45) is 0 Å². The summed E-state index contributed by atoms with van der Waals surface area (Å²) in [6.45, 7) is 5.45. The van der Waals surface area contributed by atoms with Crippen molar-refractivity contribution < 1.29 is 13.9 Å². The molecule has 0 unspecified atom stereocenters. The smallest absolute Gasteiger partial charge is 0.287 e. The Morgan fingerprint density at radius 2 is 2.04 bits per heavy atom. The normalized spacial score (nSPS) is 10.7. The van der Waals surface area contributed by atoms with E-state index in [1.165, 1.54) is 0 Å². The molecule has 0 aliphatic heterocycles. The van der Waals surface area contributed by atoms with Crippen molar-refractivity contribution in [3.63, 3.8) is 0 Å². The minimum Gasteiger partial charge on any atom is -0.486 e. The lowest BCUT2D eigenvalue weighted by Crippen LogP contribution is -2.22. The molecule has 2 heterocycles. The number of aryl methyl sites for hydroxylation is 1. The molecule has 1 amide bonds. The lowest BCUT2D eigenvalue weighted by atomic mass is 10.2. The van der Waals surface area contributed by atoms with Crippen LogP contribution in [0.4, 0.5) is 0 Å². The molecule has 136 valence electrons. The van der Waals surface area contributed by atoms with E-state index >= 15 is 0 Å². The number of benzene rings is 1. The van der Waals surface area contributed by atoms with Crippen molar-refractivity contribution in [1.29, 1.82) is 0 Å². The molecular weight excluding hydrogens is 354 g/mol. The van der Waals surface area contributed by atoms with Gasteiger partial charge in [-0.2, -0.15) is 5.10 Å². The maximum Gasteiger partial charge on any atom is 0.287 e. The summed E-state index contributed by atoms with van der Waals surface area (Å²) in [5, 5.41) is 7.76. The number of aromatic nitrogens is 2. The van der Waals surface area contributed by atoms with Crippen molar-refractivity contribution in [2.45, 2.75) is 33.5 Å². The molecule has 1 N–H and O–H groups in total. The summed E-state index contributed by atoms with van der Waals surface area (Å²) in [6, 6.07) is 10.4. The Morgan fingerprint density at radius 3 is 2.73 bits per heavy atom. The van der Waals surface area contributed by atoms with Crippen molar-refractivity contribution >= 4 is 17.5 Å². The lowest BCUT2D eigenvalue weighted by Gasteiger charge is -2.05. The molecule has 0 radical (unpaired) electrons. The summed E-state index contributed by atoms with van der Waals surface area (Å²) in [5.41, 5.74) is 2.03. The molecule has 0 fully saturated rings. The second-order valence-corrected chi connectivity index (χ2v) is 6.20. The number of halogens is 1. The van der Waals surface area contributed by atoms with Crippen molar-refractivity contribution in [1.82, 2.24) is 15.1 Å². The summed E-state index contributed by atoms with van der Waals surface area (Å²) in [6.07, 6.45) is 1.77. The van der Waals surface area contributed by atoms with Gasteiger partial charge in [0.25, 0.3) is 5.91 Å². The molecule has 1 aromatic carbocycles. The predicted molar refractivity (Wildman–Crippen MR) is 98.3 cm³/mol. The highest BCUT2D eigenvalue weighted by atomic mass is 35.5. The number of ether oxygens (including phenoxy) is 1. The largest absolute Gasteiger partial charge is 0.486 e. The number of hydrogen-bond acceptors (Lipinski definition) is 4. The SMILES string of the molecule is CCn1ncc(CNC(=O)c2ccc(COc3ccc(Cl)cc3)o2)c1C. The molecule has 0 saturated carbocycles. The molecule has 26 heavy (non-hydrogen) atoms. The summed E-state index contributed by atoms with van der Waals surface area (Å²) in [5.74, 6) is 1.23. The van der Waals surface area contributed by atoms with Gasteiger partial charge >= 0.3 is 0 Å². The van der Waals surface area contributed by atoms with Gasteiger partial charge in [-0.1, -0.05) is 11.6 Å². The fourth-order valence-corrected chi connectivity index (χ4v) is 2.63. The topological polar surface area (TPSA) is 69.3 Å². The summed E-state index contributed by atoms with van der Waals surface area (Å²) in [7, 11) is 0. The van der Waals surface area contributed by atoms with Gasteiger partial charge in [-0.15, -0.1) is 0 Å². The highest BCUT2D eigenvalue weighted by Gasteiger charge is 2.13. The highest BCUT2D eigenvalue weighted by Crippen LogP contribution is 2.18. The number of rotatable bonds is 7. The van der Waals surface area contributed by atoms with Crippen LogP contribution < -0.4 is 10.1 Å². The summed E-state index contributed by atoms with van der Waals surface area (Å²) < 4.78 is 13.0. The standard InChI is InChI=1S/C19H20ClN3O3/c1-3-23-13(2)14(11-22-23)10-21-19(24)18-9-8-17(26-18)12-25-16-6-4-15(20)5-7-16/h4-9,11H,3,10,12H2,1-2H3,(H,21,24). The van der Waals surface area contributed by atoms with Gasteiger partial charge in [0, 0.05) is 29.4 Å². The molecule has 0 atom stereocenters. The Labute approximate surface area is 156 Å². The summed E-state index contributed by atoms with van der Waals surface area (Å²) >= 11 is 5.84. The predicted octanol–water partition coefficient (Wildman–Crippen LogP) is 3.97. The third-order valence-corrected chi connectivity index (χ3v) is 4.28. The van der Waals surface area contributed by atoms with E-state index in [0.29, 0.717) is 23.1 Å². The number of nitrogens with one attached hydrogen (secondary N) is 1. The monoisotopic (exact) mass is 373 g/mol. The quantitative estimate of drug-likeness (QED) is 0.680. The van der Waals surface area contributed by atoms with E-state index < -0.39 is 0 Å². The zero-order valence-corrected chi connectivity index (χ0v) is 15.4. The number of hydrogen-bond donors (Lipinski definition) is 1. The molecule has 0 aliphatic carbocycles. The maximum atomic E-state index is 12.2. The fraction of sp³-hybridized carbons (Fsp3) is 0.263. The Balaban J connectivity index is 1.54. The average molecular weight is 374 g/mol.